The van der Waals surface area contributed by atoms with Crippen LogP contribution in [-0.2, 0) is 4.74 Å². The molecular weight excluding hydrogens is 152 g/mol. The molecule has 1 aliphatic rings. The Hall–Kier alpha value is -0.600. The zero-order chi connectivity index (χ0) is 9.03. The van der Waals surface area contributed by atoms with Crippen LogP contribution in [0.4, 0.5) is 0 Å². The van der Waals surface area contributed by atoms with Gasteiger partial charge in [-0.2, -0.15) is 0 Å². The number of ether oxygens (including phenoxy) is 1. The average molecular weight is 168 g/mol. The highest BCUT2D eigenvalue weighted by molar-refractivity contribution is 5.20. The second-order valence-electron chi connectivity index (χ2n) is 3.29. The van der Waals surface area contributed by atoms with Crippen LogP contribution in [0.2, 0.25) is 0 Å². The smallest absolute Gasteiger partial charge is 0.0898 e. The molecule has 0 radical (unpaired) electrons. The maximum absolute atomic E-state index is 8.63. The van der Waals surface area contributed by atoms with Crippen LogP contribution >= 0.6 is 0 Å². The Balaban J connectivity index is 2.57. The fraction of sp³-hybridized carbons (Fsp3) is 0.600. The molecule has 2 atom stereocenters. The summed E-state index contributed by atoms with van der Waals surface area (Å²) in [5.41, 5.74) is -0.239. The minimum Gasteiger partial charge on any atom is -0.394 e. The van der Waals surface area contributed by atoms with E-state index in [0.717, 1.165) is 0 Å². The van der Waals surface area contributed by atoms with Gasteiger partial charge in [-0.3, -0.25) is 0 Å². The van der Waals surface area contributed by atoms with Gasteiger partial charge in [0.15, 0.2) is 0 Å². The first kappa shape index (κ1) is 9.49. The fourth-order valence-corrected chi connectivity index (χ4v) is 1.27. The van der Waals surface area contributed by atoms with Crippen molar-refractivity contribution in [1.82, 2.24) is 0 Å². The lowest BCUT2D eigenvalue weighted by Gasteiger charge is -2.32. The topological polar surface area (TPSA) is 29.5 Å². The Morgan fingerprint density at radius 3 is 2.83 bits per heavy atom. The molecule has 0 aromatic rings. The molecule has 1 N–H and O–H groups in total. The summed E-state index contributed by atoms with van der Waals surface area (Å²) in [5.74, 6) is 0.369. The molecule has 1 rings (SSSR count). The monoisotopic (exact) mass is 168 g/mol. The third-order valence-corrected chi connectivity index (χ3v) is 2.35. The molecule has 1 aliphatic carbocycles. The number of aliphatic hydroxyl groups excluding tert-OH is 1. The zero-order valence-electron chi connectivity index (χ0n) is 7.66. The van der Waals surface area contributed by atoms with E-state index in [1.807, 2.05) is 25.2 Å². The summed E-state index contributed by atoms with van der Waals surface area (Å²) in [6.07, 6.45) is 8.15. The van der Waals surface area contributed by atoms with Crippen molar-refractivity contribution in [3.05, 3.63) is 24.3 Å². The summed E-state index contributed by atoms with van der Waals surface area (Å²) in [6, 6.07) is 0. The molecule has 0 amide bonds. The third-order valence-electron chi connectivity index (χ3n) is 2.35. The molecule has 0 saturated carbocycles. The fourth-order valence-electron chi connectivity index (χ4n) is 1.27. The Morgan fingerprint density at radius 1 is 1.50 bits per heavy atom. The van der Waals surface area contributed by atoms with E-state index in [1.165, 1.54) is 0 Å². The van der Waals surface area contributed by atoms with Crippen molar-refractivity contribution >= 4 is 0 Å². The first-order valence-corrected chi connectivity index (χ1v) is 4.30. The highest BCUT2D eigenvalue weighted by Gasteiger charge is 2.28. The van der Waals surface area contributed by atoms with E-state index in [-0.39, 0.29) is 12.2 Å². The molecule has 12 heavy (non-hydrogen) atoms. The lowest BCUT2D eigenvalue weighted by molar-refractivity contribution is -0.0350. The number of allylic oxidation sites excluding steroid dienone is 2. The first-order valence-electron chi connectivity index (χ1n) is 4.30. The standard InChI is InChI=1S/C10H16O2/c1-9-5-3-4-6-10(9,2)12-8-7-11/h3-6,9,11H,7-8H2,1-2H3. The summed E-state index contributed by atoms with van der Waals surface area (Å²) in [6.45, 7) is 4.63. The number of hydrogen-bond donors (Lipinski definition) is 1. The maximum Gasteiger partial charge on any atom is 0.0898 e. The van der Waals surface area contributed by atoms with Crippen LogP contribution in [0.5, 0.6) is 0 Å². The molecule has 0 aromatic carbocycles. The first-order chi connectivity index (χ1) is 5.69. The summed E-state index contributed by atoms with van der Waals surface area (Å²) < 4.78 is 5.54. The number of rotatable bonds is 3. The molecular formula is C10H16O2. The highest BCUT2D eigenvalue weighted by atomic mass is 16.5. The van der Waals surface area contributed by atoms with Gasteiger partial charge >= 0.3 is 0 Å². The summed E-state index contributed by atoms with van der Waals surface area (Å²) >= 11 is 0. The van der Waals surface area contributed by atoms with Crippen molar-refractivity contribution in [3.63, 3.8) is 0 Å². The molecule has 0 spiro atoms. The minimum absolute atomic E-state index is 0.0832. The van der Waals surface area contributed by atoms with Crippen LogP contribution in [0.1, 0.15) is 13.8 Å². The summed E-state index contributed by atoms with van der Waals surface area (Å²) in [7, 11) is 0. The molecule has 2 heteroatoms. The predicted molar refractivity (Wildman–Crippen MR) is 48.9 cm³/mol. The molecule has 0 aliphatic heterocycles. The van der Waals surface area contributed by atoms with Gasteiger partial charge in [0, 0.05) is 5.92 Å². The van der Waals surface area contributed by atoms with E-state index in [1.54, 1.807) is 0 Å². The number of hydrogen-bond acceptors (Lipinski definition) is 2. The van der Waals surface area contributed by atoms with E-state index in [2.05, 4.69) is 13.0 Å². The van der Waals surface area contributed by atoms with Crippen LogP contribution < -0.4 is 0 Å². The Labute approximate surface area is 73.5 Å². The predicted octanol–water partition coefficient (Wildman–Crippen LogP) is 1.52. The molecule has 0 aromatic heterocycles. The quantitative estimate of drug-likeness (QED) is 0.692. The Bertz CT molecular complexity index is 196. The minimum atomic E-state index is -0.239. The van der Waals surface area contributed by atoms with Gasteiger partial charge in [0.1, 0.15) is 0 Å². The number of aliphatic hydroxyl groups is 1. The summed E-state index contributed by atoms with van der Waals surface area (Å²) in [4.78, 5) is 0. The molecule has 0 heterocycles. The Morgan fingerprint density at radius 2 is 2.25 bits per heavy atom. The van der Waals surface area contributed by atoms with Gasteiger partial charge in [0.2, 0.25) is 0 Å². The van der Waals surface area contributed by atoms with Gasteiger partial charge in [-0.25, -0.2) is 0 Å². The SMILES string of the molecule is CC1C=CC=CC1(C)OCCO. The normalized spacial score (nSPS) is 34.1. The molecule has 2 unspecified atom stereocenters. The molecule has 0 bridgehead atoms. The van der Waals surface area contributed by atoms with E-state index < -0.39 is 0 Å². The lowest BCUT2D eigenvalue weighted by atomic mass is 9.87. The van der Waals surface area contributed by atoms with Crippen molar-refractivity contribution < 1.29 is 9.84 Å². The van der Waals surface area contributed by atoms with E-state index in [0.29, 0.717) is 12.5 Å². The van der Waals surface area contributed by atoms with Crippen LogP contribution in [0, 0.1) is 5.92 Å². The van der Waals surface area contributed by atoms with Gasteiger partial charge in [-0.1, -0.05) is 31.2 Å². The van der Waals surface area contributed by atoms with Crippen molar-refractivity contribution in [2.75, 3.05) is 13.2 Å². The van der Waals surface area contributed by atoms with Crippen LogP contribution in [-0.4, -0.2) is 23.9 Å². The van der Waals surface area contributed by atoms with E-state index >= 15 is 0 Å². The Kier molecular flexibility index (Phi) is 3.06. The second kappa shape index (κ2) is 3.87. The zero-order valence-corrected chi connectivity index (χ0v) is 7.66. The van der Waals surface area contributed by atoms with Gasteiger partial charge in [0.25, 0.3) is 0 Å². The maximum atomic E-state index is 8.63. The van der Waals surface area contributed by atoms with Crippen molar-refractivity contribution in [2.45, 2.75) is 19.4 Å². The van der Waals surface area contributed by atoms with E-state index in [4.69, 9.17) is 9.84 Å². The second-order valence-corrected chi connectivity index (χ2v) is 3.29. The highest BCUT2D eigenvalue weighted by Crippen LogP contribution is 2.27. The largest absolute Gasteiger partial charge is 0.394 e. The van der Waals surface area contributed by atoms with Crippen LogP contribution in [0.25, 0.3) is 0 Å². The van der Waals surface area contributed by atoms with Crippen molar-refractivity contribution in [3.8, 4) is 0 Å². The average Bonchev–Trinajstić information content (AvgIpc) is 2.07. The van der Waals surface area contributed by atoms with Crippen LogP contribution in [0.3, 0.4) is 0 Å². The van der Waals surface area contributed by atoms with Gasteiger partial charge < -0.3 is 9.84 Å². The molecule has 0 fully saturated rings. The molecule has 0 saturated heterocycles. The third kappa shape index (κ3) is 1.96. The van der Waals surface area contributed by atoms with Gasteiger partial charge in [0.05, 0.1) is 18.8 Å². The van der Waals surface area contributed by atoms with Crippen LogP contribution in [0.15, 0.2) is 24.3 Å². The lowest BCUT2D eigenvalue weighted by Crippen LogP contribution is -2.35. The van der Waals surface area contributed by atoms with Gasteiger partial charge in [-0.05, 0) is 6.92 Å². The van der Waals surface area contributed by atoms with Crippen molar-refractivity contribution in [2.24, 2.45) is 5.92 Å². The van der Waals surface area contributed by atoms with E-state index in [9.17, 15) is 0 Å². The van der Waals surface area contributed by atoms with Gasteiger partial charge in [-0.15, -0.1) is 0 Å². The molecule has 2 nitrogen and oxygen atoms in total. The summed E-state index contributed by atoms with van der Waals surface area (Å²) in [5, 5.41) is 8.63. The van der Waals surface area contributed by atoms with Crippen molar-refractivity contribution in [1.29, 1.82) is 0 Å². The molecule has 68 valence electrons.